The van der Waals surface area contributed by atoms with E-state index in [-0.39, 0.29) is 11.3 Å². The molecular weight excluding hydrogens is 226 g/mol. The predicted molar refractivity (Wildman–Crippen MR) is 72.1 cm³/mol. The highest BCUT2D eigenvalue weighted by Crippen LogP contribution is 2.38. The van der Waals surface area contributed by atoms with Gasteiger partial charge in [0.15, 0.2) is 0 Å². The number of carbonyl (C=O) groups excluding carboxylic acids is 1. The summed E-state index contributed by atoms with van der Waals surface area (Å²) in [5.41, 5.74) is 6.66. The Hall–Kier alpha value is -1.42. The molecule has 98 valence electrons. The molecule has 1 saturated carbocycles. The first kappa shape index (κ1) is 13.0. The molecule has 0 spiro atoms. The van der Waals surface area contributed by atoms with Gasteiger partial charge in [-0.2, -0.15) is 0 Å². The lowest BCUT2D eigenvalue weighted by Gasteiger charge is -2.35. The van der Waals surface area contributed by atoms with E-state index in [1.54, 1.807) is 12.4 Å². The molecule has 1 aromatic rings. The lowest BCUT2D eigenvalue weighted by atomic mass is 9.71. The predicted octanol–water partition coefficient (Wildman–Crippen LogP) is 2.32. The Balaban J connectivity index is 1.93. The molecule has 1 aromatic heterocycles. The molecule has 0 bridgehead atoms. The molecule has 4 heteroatoms. The van der Waals surface area contributed by atoms with E-state index in [4.69, 9.17) is 5.73 Å². The molecule has 0 atom stereocenters. The van der Waals surface area contributed by atoms with E-state index in [1.807, 2.05) is 12.1 Å². The zero-order valence-corrected chi connectivity index (χ0v) is 10.7. The monoisotopic (exact) mass is 247 g/mol. The summed E-state index contributed by atoms with van der Waals surface area (Å²) in [5, 5.41) is 2.89. The number of pyridine rings is 1. The molecule has 1 heterocycles. The quantitative estimate of drug-likeness (QED) is 0.858. The van der Waals surface area contributed by atoms with Crippen molar-refractivity contribution in [3.63, 3.8) is 0 Å². The fourth-order valence-electron chi connectivity index (χ4n) is 2.74. The number of nitrogens with two attached hydrogens (primary N) is 1. The van der Waals surface area contributed by atoms with Crippen LogP contribution < -0.4 is 11.1 Å². The molecule has 18 heavy (non-hydrogen) atoms. The Morgan fingerprint density at radius 3 is 2.78 bits per heavy atom. The number of aromatic nitrogens is 1. The third-order valence-corrected chi connectivity index (χ3v) is 3.83. The zero-order valence-electron chi connectivity index (χ0n) is 10.7. The van der Waals surface area contributed by atoms with Crippen molar-refractivity contribution in [3.05, 3.63) is 24.5 Å². The average Bonchev–Trinajstić information content (AvgIpc) is 2.41. The van der Waals surface area contributed by atoms with E-state index in [0.29, 0.717) is 13.0 Å². The highest BCUT2D eigenvalue weighted by molar-refractivity contribution is 5.90. The van der Waals surface area contributed by atoms with Gasteiger partial charge in [-0.3, -0.25) is 9.78 Å². The molecule has 4 nitrogen and oxygen atoms in total. The lowest BCUT2D eigenvalue weighted by Crippen LogP contribution is -2.36. The van der Waals surface area contributed by atoms with Gasteiger partial charge in [-0.1, -0.05) is 19.3 Å². The Morgan fingerprint density at radius 2 is 2.17 bits per heavy atom. The SMILES string of the molecule is NCC1(CC(=O)Nc2cccnc2)CCCCC1. The van der Waals surface area contributed by atoms with E-state index in [9.17, 15) is 4.79 Å². The molecule has 0 radical (unpaired) electrons. The maximum atomic E-state index is 12.1. The number of nitrogens with zero attached hydrogens (tertiary/aromatic N) is 1. The molecule has 1 aliphatic carbocycles. The average molecular weight is 247 g/mol. The van der Waals surface area contributed by atoms with Crippen molar-refractivity contribution in [1.29, 1.82) is 0 Å². The summed E-state index contributed by atoms with van der Waals surface area (Å²) in [6.07, 6.45) is 9.68. The van der Waals surface area contributed by atoms with Crippen molar-refractivity contribution in [2.24, 2.45) is 11.1 Å². The highest BCUT2D eigenvalue weighted by atomic mass is 16.1. The molecule has 0 unspecified atom stereocenters. The molecule has 0 aliphatic heterocycles. The zero-order chi connectivity index (χ0) is 12.8. The first-order valence-electron chi connectivity index (χ1n) is 6.64. The second-order valence-corrected chi connectivity index (χ2v) is 5.23. The lowest BCUT2D eigenvalue weighted by molar-refractivity contribution is -0.118. The van der Waals surface area contributed by atoms with Crippen LogP contribution in [0.25, 0.3) is 0 Å². The second kappa shape index (κ2) is 5.96. The van der Waals surface area contributed by atoms with Crippen LogP contribution in [0.2, 0.25) is 0 Å². The van der Waals surface area contributed by atoms with Crippen LogP contribution in [0.4, 0.5) is 5.69 Å². The van der Waals surface area contributed by atoms with Crippen molar-refractivity contribution in [2.75, 3.05) is 11.9 Å². The van der Waals surface area contributed by atoms with Crippen LogP contribution in [-0.4, -0.2) is 17.4 Å². The number of nitrogens with one attached hydrogen (secondary N) is 1. The van der Waals surface area contributed by atoms with Gasteiger partial charge < -0.3 is 11.1 Å². The molecule has 3 N–H and O–H groups in total. The van der Waals surface area contributed by atoms with Gasteiger partial charge in [-0.05, 0) is 36.9 Å². The van der Waals surface area contributed by atoms with E-state index >= 15 is 0 Å². The fraction of sp³-hybridized carbons (Fsp3) is 0.571. The molecule has 2 rings (SSSR count). The van der Waals surface area contributed by atoms with Crippen molar-refractivity contribution >= 4 is 11.6 Å². The highest BCUT2D eigenvalue weighted by Gasteiger charge is 2.32. The maximum absolute atomic E-state index is 12.1. The van der Waals surface area contributed by atoms with Gasteiger partial charge >= 0.3 is 0 Å². The van der Waals surface area contributed by atoms with E-state index < -0.39 is 0 Å². The normalized spacial score (nSPS) is 18.3. The minimum atomic E-state index is 0.0184. The molecule has 1 amide bonds. The topological polar surface area (TPSA) is 68.0 Å². The van der Waals surface area contributed by atoms with Crippen molar-refractivity contribution < 1.29 is 4.79 Å². The van der Waals surface area contributed by atoms with Crippen molar-refractivity contribution in [2.45, 2.75) is 38.5 Å². The minimum Gasteiger partial charge on any atom is -0.330 e. The van der Waals surface area contributed by atoms with E-state index in [1.165, 1.54) is 19.3 Å². The number of anilines is 1. The second-order valence-electron chi connectivity index (χ2n) is 5.23. The van der Waals surface area contributed by atoms with Crippen LogP contribution in [0.5, 0.6) is 0 Å². The number of amides is 1. The Bertz CT molecular complexity index is 385. The standard InChI is InChI=1S/C14H21N3O/c15-11-14(6-2-1-3-7-14)9-13(18)17-12-5-4-8-16-10-12/h4-5,8,10H,1-3,6-7,9,11,15H2,(H,17,18). The van der Waals surface area contributed by atoms with Gasteiger partial charge in [0.2, 0.25) is 5.91 Å². The summed E-state index contributed by atoms with van der Waals surface area (Å²) < 4.78 is 0. The Kier molecular flexibility index (Phi) is 4.31. The van der Waals surface area contributed by atoms with Gasteiger partial charge in [0.25, 0.3) is 0 Å². The van der Waals surface area contributed by atoms with Crippen LogP contribution in [0.3, 0.4) is 0 Å². The molecular formula is C14H21N3O. The third-order valence-electron chi connectivity index (χ3n) is 3.83. The first-order chi connectivity index (χ1) is 8.74. The molecule has 0 aromatic carbocycles. The van der Waals surface area contributed by atoms with Crippen molar-refractivity contribution in [3.8, 4) is 0 Å². The number of hydrogen-bond donors (Lipinski definition) is 2. The molecule has 1 aliphatic rings. The first-order valence-corrected chi connectivity index (χ1v) is 6.64. The summed E-state index contributed by atoms with van der Waals surface area (Å²) in [4.78, 5) is 16.0. The number of rotatable bonds is 4. The smallest absolute Gasteiger partial charge is 0.225 e. The van der Waals surface area contributed by atoms with Gasteiger partial charge in [0, 0.05) is 12.6 Å². The van der Waals surface area contributed by atoms with Gasteiger partial charge in [0.1, 0.15) is 0 Å². The fourth-order valence-corrected chi connectivity index (χ4v) is 2.74. The largest absolute Gasteiger partial charge is 0.330 e. The molecule has 1 fully saturated rings. The minimum absolute atomic E-state index is 0.0184. The number of hydrogen-bond acceptors (Lipinski definition) is 3. The van der Waals surface area contributed by atoms with Crippen molar-refractivity contribution in [1.82, 2.24) is 4.98 Å². The van der Waals surface area contributed by atoms with Gasteiger partial charge in [-0.25, -0.2) is 0 Å². The third kappa shape index (κ3) is 3.29. The van der Waals surface area contributed by atoms with Crippen LogP contribution in [0, 0.1) is 5.41 Å². The summed E-state index contributed by atoms with van der Waals surface area (Å²) in [6, 6.07) is 3.66. The summed E-state index contributed by atoms with van der Waals surface area (Å²) in [5.74, 6) is 0.0513. The molecule has 0 saturated heterocycles. The summed E-state index contributed by atoms with van der Waals surface area (Å²) >= 11 is 0. The van der Waals surface area contributed by atoms with E-state index in [0.717, 1.165) is 18.5 Å². The van der Waals surface area contributed by atoms with Crippen LogP contribution >= 0.6 is 0 Å². The van der Waals surface area contributed by atoms with E-state index in [2.05, 4.69) is 10.3 Å². The van der Waals surface area contributed by atoms with Crippen LogP contribution in [0.15, 0.2) is 24.5 Å². The summed E-state index contributed by atoms with van der Waals surface area (Å²) in [7, 11) is 0. The maximum Gasteiger partial charge on any atom is 0.225 e. The Labute approximate surface area is 108 Å². The number of carbonyl (C=O) groups is 1. The van der Waals surface area contributed by atoms with Crippen LogP contribution in [0.1, 0.15) is 38.5 Å². The summed E-state index contributed by atoms with van der Waals surface area (Å²) in [6.45, 7) is 0.605. The van der Waals surface area contributed by atoms with Gasteiger partial charge in [0.05, 0.1) is 11.9 Å². The Morgan fingerprint density at radius 1 is 1.39 bits per heavy atom. The van der Waals surface area contributed by atoms with Gasteiger partial charge in [-0.15, -0.1) is 0 Å². The van der Waals surface area contributed by atoms with Crippen LogP contribution in [-0.2, 0) is 4.79 Å².